The van der Waals surface area contributed by atoms with Crippen molar-refractivity contribution in [1.82, 2.24) is 0 Å². The third kappa shape index (κ3) is 4.48. The van der Waals surface area contributed by atoms with E-state index in [4.69, 9.17) is 9.84 Å². The van der Waals surface area contributed by atoms with E-state index in [-0.39, 0.29) is 18.1 Å². The van der Waals surface area contributed by atoms with Crippen molar-refractivity contribution in [3.05, 3.63) is 54.1 Å². The molecule has 24 heavy (non-hydrogen) atoms. The molecule has 0 spiro atoms. The Kier molecular flexibility index (Phi) is 6.11. The fourth-order valence-corrected chi connectivity index (χ4v) is 4.53. The fraction of sp³-hybridized carbons (Fsp3) is 0.368. The molecular formula is C19H23NO2S2. The minimum absolute atomic E-state index is 0.0700. The molecule has 2 N–H and O–H groups in total. The number of hydrogen-bond acceptors (Lipinski definition) is 5. The quantitative estimate of drug-likeness (QED) is 0.695. The van der Waals surface area contributed by atoms with Gasteiger partial charge in [-0.25, -0.2) is 0 Å². The molecule has 0 bridgehead atoms. The molecule has 0 aromatic heterocycles. The van der Waals surface area contributed by atoms with Gasteiger partial charge in [-0.15, -0.1) is 11.8 Å². The van der Waals surface area contributed by atoms with Gasteiger partial charge in [0.2, 0.25) is 0 Å². The molecule has 128 valence electrons. The zero-order valence-electron chi connectivity index (χ0n) is 13.9. The van der Waals surface area contributed by atoms with E-state index in [2.05, 4.69) is 60.8 Å². The van der Waals surface area contributed by atoms with Gasteiger partial charge in [0, 0.05) is 20.7 Å². The Bertz CT molecular complexity index is 638. The third-order valence-corrected chi connectivity index (χ3v) is 6.13. The lowest BCUT2D eigenvalue weighted by Crippen LogP contribution is -2.18. The Labute approximate surface area is 152 Å². The van der Waals surface area contributed by atoms with Crippen LogP contribution in [-0.4, -0.2) is 29.7 Å². The maximum absolute atomic E-state index is 9.00. The molecule has 5 heteroatoms. The Morgan fingerprint density at radius 2 is 1.92 bits per heavy atom. The highest BCUT2D eigenvalue weighted by Crippen LogP contribution is 2.46. The largest absolute Gasteiger partial charge is 0.394 e. The summed E-state index contributed by atoms with van der Waals surface area (Å²) in [6.07, 6.45) is -0.0949. The molecule has 0 saturated carbocycles. The van der Waals surface area contributed by atoms with Crippen LogP contribution in [-0.2, 0) is 4.74 Å². The van der Waals surface area contributed by atoms with E-state index in [1.165, 1.54) is 21.0 Å². The van der Waals surface area contributed by atoms with Crippen LogP contribution in [0.3, 0.4) is 0 Å². The molecule has 1 aliphatic rings. The van der Waals surface area contributed by atoms with E-state index in [0.717, 1.165) is 0 Å². The number of rotatable bonds is 7. The van der Waals surface area contributed by atoms with Crippen molar-refractivity contribution in [2.75, 3.05) is 18.5 Å². The first kappa shape index (κ1) is 17.7. The lowest BCUT2D eigenvalue weighted by molar-refractivity contribution is 0.0272. The summed E-state index contributed by atoms with van der Waals surface area (Å²) < 4.78 is 5.58. The van der Waals surface area contributed by atoms with Crippen LogP contribution >= 0.6 is 23.5 Å². The van der Waals surface area contributed by atoms with Gasteiger partial charge in [0.25, 0.3) is 0 Å². The third-order valence-electron chi connectivity index (χ3n) is 3.81. The van der Waals surface area contributed by atoms with Gasteiger partial charge < -0.3 is 15.2 Å². The van der Waals surface area contributed by atoms with Gasteiger partial charge >= 0.3 is 0 Å². The number of aliphatic hydroxyl groups is 1. The minimum atomic E-state index is -0.0949. The Hall–Kier alpha value is -1.14. The molecule has 0 amide bonds. The van der Waals surface area contributed by atoms with Crippen LogP contribution in [0.4, 0.5) is 5.69 Å². The van der Waals surface area contributed by atoms with Crippen LogP contribution in [0.5, 0.6) is 0 Å². The number of fused-ring (bicyclic) bond motifs is 1. The van der Waals surface area contributed by atoms with Crippen molar-refractivity contribution in [1.29, 1.82) is 0 Å². The van der Waals surface area contributed by atoms with Gasteiger partial charge in [0.05, 0.1) is 19.3 Å². The first-order valence-corrected chi connectivity index (χ1v) is 9.93. The summed E-state index contributed by atoms with van der Waals surface area (Å²) in [4.78, 5) is 2.55. The average Bonchev–Trinajstić information content (AvgIpc) is 3.04. The summed E-state index contributed by atoms with van der Waals surface area (Å²) in [5, 5.41) is 13.2. The monoisotopic (exact) mass is 361 g/mol. The van der Waals surface area contributed by atoms with E-state index in [1.807, 2.05) is 18.7 Å². The number of para-hydroxylation sites is 1. The van der Waals surface area contributed by atoms with Gasteiger partial charge in [0.15, 0.2) is 0 Å². The predicted molar refractivity (Wildman–Crippen MR) is 103 cm³/mol. The number of ether oxygens (including phenoxy) is 1. The van der Waals surface area contributed by atoms with E-state index in [1.54, 1.807) is 11.8 Å². The van der Waals surface area contributed by atoms with Crippen LogP contribution < -0.4 is 5.32 Å². The second-order valence-electron chi connectivity index (χ2n) is 5.96. The highest BCUT2D eigenvalue weighted by molar-refractivity contribution is 8.00. The molecule has 2 aromatic rings. The molecule has 0 aliphatic carbocycles. The zero-order chi connectivity index (χ0) is 16.9. The number of hydrogen-bond donors (Lipinski definition) is 2. The van der Waals surface area contributed by atoms with Crippen LogP contribution in [0, 0.1) is 0 Å². The Morgan fingerprint density at radius 3 is 2.62 bits per heavy atom. The number of benzene rings is 2. The summed E-state index contributed by atoms with van der Waals surface area (Å²) in [5.74, 6) is 0. The molecule has 0 saturated heterocycles. The Morgan fingerprint density at radius 1 is 1.17 bits per heavy atom. The second-order valence-corrected chi connectivity index (χ2v) is 8.62. The number of anilines is 1. The standard InChI is InChI=1S/C19H23NO2S2/c1-13(11-21)22-12-14(2)23-16-9-7-15(8-10-16)19-20-17-5-3-4-6-18(17)24-19/h3-10,13-14,19-21H,11-12H2,1-2H3. The summed E-state index contributed by atoms with van der Waals surface area (Å²) >= 11 is 3.66. The molecule has 1 aliphatic heterocycles. The van der Waals surface area contributed by atoms with E-state index >= 15 is 0 Å². The smallest absolute Gasteiger partial charge is 0.103 e. The average molecular weight is 362 g/mol. The van der Waals surface area contributed by atoms with Crippen LogP contribution in [0.15, 0.2) is 58.3 Å². The molecule has 3 atom stereocenters. The van der Waals surface area contributed by atoms with Crippen LogP contribution in [0.25, 0.3) is 0 Å². The van der Waals surface area contributed by atoms with Crippen LogP contribution in [0.1, 0.15) is 24.8 Å². The molecule has 3 unspecified atom stereocenters. The van der Waals surface area contributed by atoms with E-state index in [0.29, 0.717) is 11.9 Å². The van der Waals surface area contributed by atoms with Gasteiger partial charge in [-0.2, -0.15) is 0 Å². The lowest BCUT2D eigenvalue weighted by atomic mass is 10.2. The molecule has 0 radical (unpaired) electrons. The minimum Gasteiger partial charge on any atom is -0.394 e. The van der Waals surface area contributed by atoms with Gasteiger partial charge in [-0.1, -0.05) is 43.0 Å². The predicted octanol–water partition coefficient (Wildman–Crippen LogP) is 4.78. The lowest BCUT2D eigenvalue weighted by Gasteiger charge is -2.16. The van der Waals surface area contributed by atoms with Crippen molar-refractivity contribution < 1.29 is 9.84 Å². The summed E-state index contributed by atoms with van der Waals surface area (Å²) in [7, 11) is 0. The van der Waals surface area contributed by atoms with Crippen molar-refractivity contribution in [2.45, 2.75) is 40.4 Å². The van der Waals surface area contributed by atoms with E-state index in [9.17, 15) is 0 Å². The SMILES string of the molecule is CC(CO)OCC(C)Sc1ccc(C2Nc3ccccc3S2)cc1. The first-order valence-electron chi connectivity index (χ1n) is 8.17. The highest BCUT2D eigenvalue weighted by atomic mass is 32.2. The zero-order valence-corrected chi connectivity index (χ0v) is 15.6. The van der Waals surface area contributed by atoms with Gasteiger partial charge in [-0.05, 0) is 36.8 Å². The van der Waals surface area contributed by atoms with Gasteiger partial charge in [-0.3, -0.25) is 0 Å². The molecule has 3 rings (SSSR count). The van der Waals surface area contributed by atoms with Crippen molar-refractivity contribution in [3.63, 3.8) is 0 Å². The highest BCUT2D eigenvalue weighted by Gasteiger charge is 2.22. The van der Waals surface area contributed by atoms with Crippen molar-refractivity contribution in [2.24, 2.45) is 0 Å². The summed E-state index contributed by atoms with van der Waals surface area (Å²) in [6.45, 7) is 4.74. The number of thioether (sulfide) groups is 2. The molecule has 0 fully saturated rings. The van der Waals surface area contributed by atoms with Crippen molar-refractivity contribution in [3.8, 4) is 0 Å². The summed E-state index contributed by atoms with van der Waals surface area (Å²) in [6, 6.07) is 17.2. The van der Waals surface area contributed by atoms with Gasteiger partial charge in [0.1, 0.15) is 5.37 Å². The number of nitrogens with one attached hydrogen (secondary N) is 1. The van der Waals surface area contributed by atoms with Crippen molar-refractivity contribution >= 4 is 29.2 Å². The van der Waals surface area contributed by atoms with E-state index < -0.39 is 0 Å². The van der Waals surface area contributed by atoms with Crippen LogP contribution in [0.2, 0.25) is 0 Å². The second kappa shape index (κ2) is 8.30. The normalized spacial score (nSPS) is 18.7. The maximum atomic E-state index is 9.00. The molecule has 1 heterocycles. The Balaban J connectivity index is 1.55. The summed E-state index contributed by atoms with van der Waals surface area (Å²) in [5.41, 5.74) is 2.51. The molecule has 3 nitrogen and oxygen atoms in total. The first-order chi connectivity index (χ1) is 11.7. The number of aliphatic hydroxyl groups excluding tert-OH is 1. The topological polar surface area (TPSA) is 41.5 Å². The molecular weight excluding hydrogens is 338 g/mol. The fourth-order valence-electron chi connectivity index (χ4n) is 2.48. The maximum Gasteiger partial charge on any atom is 0.103 e. The molecule has 2 aromatic carbocycles.